The molecule has 2 rings (SSSR count). The topological polar surface area (TPSA) is 80.5 Å². The number of hydrogen-bond acceptors (Lipinski definition) is 4. The summed E-state index contributed by atoms with van der Waals surface area (Å²) in [6, 6.07) is 5.27. The van der Waals surface area contributed by atoms with E-state index < -0.39 is 21.9 Å². The van der Waals surface area contributed by atoms with Gasteiger partial charge in [-0.3, -0.25) is 4.79 Å². The second-order valence-corrected chi connectivity index (χ2v) is 6.25. The molecular weight excluding hydrogens is 271 g/mol. The summed E-state index contributed by atoms with van der Waals surface area (Å²) in [5.74, 6) is -1.38. The number of carbonyl (C=O) groups excluding carboxylic acids is 1. The number of nitrogen functional groups attached to an aromatic ring is 1. The summed E-state index contributed by atoms with van der Waals surface area (Å²) in [5, 5.41) is 0. The Balaban J connectivity index is 2.20. The Bertz CT molecular complexity index is 615. The fourth-order valence-electron chi connectivity index (χ4n) is 2.33. The average Bonchev–Trinajstić information content (AvgIpc) is 2.56. The first-order chi connectivity index (χ1) is 8.76. The van der Waals surface area contributed by atoms with Crippen molar-refractivity contribution in [3.8, 4) is 0 Å². The van der Waals surface area contributed by atoms with E-state index in [1.807, 2.05) is 13.0 Å². The molecule has 104 valence electrons. The summed E-state index contributed by atoms with van der Waals surface area (Å²) in [6.45, 7) is 2.06. The zero-order valence-electron chi connectivity index (χ0n) is 10.5. The molecular formula is C12H15FN2O3S. The number of carbonyl (C=O) groups is 1. The minimum absolute atomic E-state index is 0.0243. The van der Waals surface area contributed by atoms with Crippen molar-refractivity contribution < 1.29 is 17.1 Å². The molecule has 1 aromatic rings. The number of rotatable bonds is 3. The number of hydrogen-bond donors (Lipinski definition) is 1. The van der Waals surface area contributed by atoms with Gasteiger partial charge in [-0.05, 0) is 24.6 Å². The van der Waals surface area contributed by atoms with Crippen LogP contribution in [0.25, 0.3) is 0 Å². The molecule has 0 aromatic heterocycles. The van der Waals surface area contributed by atoms with E-state index in [0.29, 0.717) is 11.4 Å². The SMILES string of the molecule is Cc1ccc(N2CC(CS(=O)(=O)F)CC2=O)c(N)c1. The Morgan fingerprint density at radius 2 is 2.16 bits per heavy atom. The van der Waals surface area contributed by atoms with E-state index in [1.165, 1.54) is 4.90 Å². The van der Waals surface area contributed by atoms with E-state index in [4.69, 9.17) is 5.73 Å². The Morgan fingerprint density at radius 3 is 2.74 bits per heavy atom. The fraction of sp³-hybridized carbons (Fsp3) is 0.417. The zero-order chi connectivity index (χ0) is 14.2. The summed E-state index contributed by atoms with van der Waals surface area (Å²) in [5.41, 5.74) is 7.82. The Kier molecular flexibility index (Phi) is 3.49. The number of nitrogens with zero attached hydrogens (tertiary/aromatic N) is 1. The van der Waals surface area contributed by atoms with Crippen molar-refractivity contribution in [1.82, 2.24) is 0 Å². The van der Waals surface area contributed by atoms with Crippen molar-refractivity contribution in [2.45, 2.75) is 13.3 Å². The summed E-state index contributed by atoms with van der Waals surface area (Å²) in [4.78, 5) is 13.3. The molecule has 1 atom stereocenters. The molecule has 2 N–H and O–H groups in total. The molecule has 0 aliphatic carbocycles. The normalized spacial score (nSPS) is 20.0. The number of halogens is 1. The third kappa shape index (κ3) is 3.23. The summed E-state index contributed by atoms with van der Waals surface area (Å²) in [6.07, 6.45) is 0.0243. The first kappa shape index (κ1) is 13.8. The second-order valence-electron chi connectivity index (χ2n) is 4.84. The molecule has 0 spiro atoms. The molecule has 7 heteroatoms. The summed E-state index contributed by atoms with van der Waals surface area (Å²) >= 11 is 0. The highest BCUT2D eigenvalue weighted by Crippen LogP contribution is 2.31. The van der Waals surface area contributed by atoms with Crippen molar-refractivity contribution in [2.24, 2.45) is 5.92 Å². The van der Waals surface area contributed by atoms with Gasteiger partial charge in [-0.25, -0.2) is 0 Å². The van der Waals surface area contributed by atoms with Crippen LogP contribution < -0.4 is 10.6 Å². The third-order valence-corrected chi connectivity index (χ3v) is 3.98. The van der Waals surface area contributed by atoms with Crippen molar-refractivity contribution in [3.63, 3.8) is 0 Å². The van der Waals surface area contributed by atoms with Crippen LogP contribution in [0.5, 0.6) is 0 Å². The smallest absolute Gasteiger partial charge is 0.302 e. The van der Waals surface area contributed by atoms with Gasteiger partial charge < -0.3 is 10.6 Å². The number of nitrogens with two attached hydrogens (primary N) is 1. The minimum Gasteiger partial charge on any atom is -0.397 e. The molecule has 0 bridgehead atoms. The average molecular weight is 286 g/mol. The van der Waals surface area contributed by atoms with E-state index >= 15 is 0 Å². The van der Waals surface area contributed by atoms with E-state index in [2.05, 4.69) is 0 Å². The Hall–Kier alpha value is -1.63. The standard InChI is InChI=1S/C12H15FN2O3S/c1-8-2-3-11(10(14)4-8)15-6-9(5-12(15)16)7-19(13,17)18/h2-4,9H,5-7,14H2,1H3. The molecule has 0 saturated carbocycles. The van der Waals surface area contributed by atoms with Gasteiger partial charge in [-0.1, -0.05) is 6.07 Å². The lowest BCUT2D eigenvalue weighted by Crippen LogP contribution is -2.26. The van der Waals surface area contributed by atoms with Crippen LogP contribution in [0.1, 0.15) is 12.0 Å². The maximum absolute atomic E-state index is 12.6. The number of aryl methyl sites for hydroxylation is 1. The summed E-state index contributed by atoms with van der Waals surface area (Å²) < 4.78 is 33.9. The lowest BCUT2D eigenvalue weighted by Gasteiger charge is -2.19. The molecule has 1 saturated heterocycles. The maximum Gasteiger partial charge on any atom is 0.302 e. The minimum atomic E-state index is -4.56. The monoisotopic (exact) mass is 286 g/mol. The van der Waals surface area contributed by atoms with Gasteiger partial charge in [-0.15, -0.1) is 3.89 Å². The van der Waals surface area contributed by atoms with Crippen LogP contribution in [-0.2, 0) is 15.0 Å². The molecule has 1 amide bonds. The largest absolute Gasteiger partial charge is 0.397 e. The van der Waals surface area contributed by atoms with Crippen LogP contribution in [0.2, 0.25) is 0 Å². The van der Waals surface area contributed by atoms with Gasteiger partial charge in [0.25, 0.3) is 0 Å². The van der Waals surface area contributed by atoms with Gasteiger partial charge >= 0.3 is 10.2 Å². The highest BCUT2D eigenvalue weighted by Gasteiger charge is 2.34. The highest BCUT2D eigenvalue weighted by atomic mass is 32.3. The van der Waals surface area contributed by atoms with Gasteiger partial charge in [0.1, 0.15) is 0 Å². The van der Waals surface area contributed by atoms with E-state index in [-0.39, 0.29) is 18.9 Å². The second kappa shape index (κ2) is 4.80. The summed E-state index contributed by atoms with van der Waals surface area (Å²) in [7, 11) is -4.56. The Morgan fingerprint density at radius 1 is 1.47 bits per heavy atom. The lowest BCUT2D eigenvalue weighted by atomic mass is 10.1. The first-order valence-corrected chi connectivity index (χ1v) is 7.40. The lowest BCUT2D eigenvalue weighted by molar-refractivity contribution is -0.117. The van der Waals surface area contributed by atoms with Crippen molar-refractivity contribution in [3.05, 3.63) is 23.8 Å². The number of benzene rings is 1. The van der Waals surface area contributed by atoms with E-state index in [9.17, 15) is 17.1 Å². The van der Waals surface area contributed by atoms with Crippen LogP contribution >= 0.6 is 0 Å². The van der Waals surface area contributed by atoms with E-state index in [0.717, 1.165) is 5.56 Å². The van der Waals surface area contributed by atoms with Gasteiger partial charge in [0.05, 0.1) is 17.1 Å². The fourth-order valence-corrected chi connectivity index (χ4v) is 3.11. The maximum atomic E-state index is 12.6. The van der Waals surface area contributed by atoms with Crippen LogP contribution in [0.15, 0.2) is 18.2 Å². The number of anilines is 2. The van der Waals surface area contributed by atoms with Gasteiger partial charge in [0, 0.05) is 18.9 Å². The van der Waals surface area contributed by atoms with Gasteiger partial charge in [-0.2, -0.15) is 8.42 Å². The molecule has 1 aliphatic heterocycles. The van der Waals surface area contributed by atoms with Crippen molar-refractivity contribution in [2.75, 3.05) is 22.9 Å². The van der Waals surface area contributed by atoms with Crippen LogP contribution in [0.4, 0.5) is 15.3 Å². The quantitative estimate of drug-likeness (QED) is 0.669. The van der Waals surface area contributed by atoms with Crippen LogP contribution in [-0.4, -0.2) is 26.6 Å². The predicted octanol–water partition coefficient (Wildman–Crippen LogP) is 1.23. The van der Waals surface area contributed by atoms with Crippen molar-refractivity contribution in [1.29, 1.82) is 0 Å². The highest BCUT2D eigenvalue weighted by molar-refractivity contribution is 7.86. The molecule has 1 unspecified atom stereocenters. The first-order valence-electron chi connectivity index (χ1n) is 5.85. The van der Waals surface area contributed by atoms with Gasteiger partial charge in [0.15, 0.2) is 0 Å². The molecule has 19 heavy (non-hydrogen) atoms. The molecule has 1 heterocycles. The predicted molar refractivity (Wildman–Crippen MR) is 70.9 cm³/mol. The molecule has 1 aromatic carbocycles. The number of amides is 1. The molecule has 0 radical (unpaired) electrons. The Labute approximate surface area is 111 Å². The molecule has 5 nitrogen and oxygen atoms in total. The van der Waals surface area contributed by atoms with Gasteiger partial charge in [0.2, 0.25) is 5.91 Å². The van der Waals surface area contributed by atoms with Crippen molar-refractivity contribution >= 4 is 27.5 Å². The van der Waals surface area contributed by atoms with Crippen LogP contribution in [0.3, 0.4) is 0 Å². The molecule has 1 fully saturated rings. The van der Waals surface area contributed by atoms with Crippen LogP contribution in [0, 0.1) is 12.8 Å². The molecule has 1 aliphatic rings. The zero-order valence-corrected chi connectivity index (χ0v) is 11.3. The third-order valence-electron chi connectivity index (χ3n) is 3.11. The van der Waals surface area contributed by atoms with E-state index in [1.54, 1.807) is 12.1 Å².